The number of Topliss-reactive ketones (excluding diaryl/α,β-unsaturated/α-hetero) is 1. The highest BCUT2D eigenvalue weighted by atomic mass is 32.1. The number of hydrogen-bond donors (Lipinski definition) is 1. The lowest BCUT2D eigenvalue weighted by atomic mass is 9.88. The van der Waals surface area contributed by atoms with E-state index in [0.29, 0.717) is 48.1 Å². The minimum Gasteiger partial charge on any atom is -0.486 e. The summed E-state index contributed by atoms with van der Waals surface area (Å²) in [6.07, 6.45) is -0.344. The first-order chi connectivity index (χ1) is 14.6. The Bertz CT molecular complexity index is 1130. The average Bonchev–Trinajstić information content (AvgIpc) is 3.36. The Morgan fingerprint density at radius 1 is 1.07 bits per heavy atom. The maximum absolute atomic E-state index is 13.3. The summed E-state index contributed by atoms with van der Waals surface area (Å²) in [6.45, 7) is 1.23. The molecule has 152 valence electrons. The van der Waals surface area contributed by atoms with Crippen molar-refractivity contribution in [3.63, 3.8) is 0 Å². The van der Waals surface area contributed by atoms with Crippen molar-refractivity contribution < 1.29 is 24.2 Å². The van der Waals surface area contributed by atoms with Crippen LogP contribution in [0.1, 0.15) is 27.2 Å². The highest BCUT2D eigenvalue weighted by Gasteiger charge is 2.50. The molecule has 0 fully saturated rings. The lowest BCUT2D eigenvalue weighted by molar-refractivity contribution is -0.136. The van der Waals surface area contributed by atoms with Gasteiger partial charge in [0.15, 0.2) is 22.9 Å². The molecule has 30 heavy (non-hydrogen) atoms. The number of anilines is 1. The third-order valence-corrected chi connectivity index (χ3v) is 6.28. The van der Waals surface area contributed by atoms with Crippen LogP contribution in [0.5, 0.6) is 11.5 Å². The van der Waals surface area contributed by atoms with E-state index in [0.717, 1.165) is 4.88 Å². The number of thiophene rings is 1. The smallest absolute Gasteiger partial charge is 0.264 e. The molecule has 0 saturated heterocycles. The second-order valence-electron chi connectivity index (χ2n) is 7.31. The number of ether oxygens (including phenoxy) is 2. The zero-order valence-electron chi connectivity index (χ0n) is 16.0. The molecule has 0 aliphatic carbocycles. The van der Waals surface area contributed by atoms with Gasteiger partial charge in [0.05, 0.1) is 18.7 Å². The summed E-state index contributed by atoms with van der Waals surface area (Å²) in [5, 5.41) is 13.4. The van der Waals surface area contributed by atoms with Gasteiger partial charge in [0.25, 0.3) is 5.91 Å². The monoisotopic (exact) mass is 421 g/mol. The van der Waals surface area contributed by atoms with Crippen LogP contribution in [-0.2, 0) is 16.9 Å². The summed E-state index contributed by atoms with van der Waals surface area (Å²) in [7, 11) is 0. The van der Waals surface area contributed by atoms with E-state index in [-0.39, 0.29) is 12.2 Å². The minimum atomic E-state index is -1.90. The third-order valence-electron chi connectivity index (χ3n) is 5.41. The van der Waals surface area contributed by atoms with Crippen molar-refractivity contribution in [1.29, 1.82) is 0 Å². The van der Waals surface area contributed by atoms with Crippen LogP contribution in [0.2, 0.25) is 0 Å². The van der Waals surface area contributed by atoms with Crippen molar-refractivity contribution in [3.8, 4) is 11.5 Å². The fraction of sp³-hybridized carbons (Fsp3) is 0.217. The van der Waals surface area contributed by atoms with Crippen LogP contribution in [0.3, 0.4) is 0 Å². The first-order valence-electron chi connectivity index (χ1n) is 9.65. The molecule has 1 atom stereocenters. The lowest BCUT2D eigenvalue weighted by Crippen LogP contribution is -2.41. The fourth-order valence-electron chi connectivity index (χ4n) is 3.94. The van der Waals surface area contributed by atoms with E-state index in [1.54, 1.807) is 52.6 Å². The van der Waals surface area contributed by atoms with Gasteiger partial charge in [0.2, 0.25) is 0 Å². The predicted octanol–water partition coefficient (Wildman–Crippen LogP) is 3.53. The Labute approximate surface area is 177 Å². The van der Waals surface area contributed by atoms with Gasteiger partial charge in [-0.1, -0.05) is 24.3 Å². The Kier molecular flexibility index (Phi) is 4.56. The molecule has 0 unspecified atom stereocenters. The highest BCUT2D eigenvalue weighted by Crippen LogP contribution is 2.44. The molecule has 5 rings (SSSR count). The Balaban J connectivity index is 1.46. The molecule has 2 aliphatic rings. The zero-order chi connectivity index (χ0) is 20.7. The predicted molar refractivity (Wildman–Crippen MR) is 112 cm³/mol. The van der Waals surface area contributed by atoms with Crippen molar-refractivity contribution >= 4 is 28.7 Å². The quantitative estimate of drug-likeness (QED) is 0.638. The number of hydrogen-bond acceptors (Lipinski definition) is 6. The second-order valence-corrected chi connectivity index (χ2v) is 8.34. The molecule has 0 saturated carbocycles. The van der Waals surface area contributed by atoms with E-state index in [1.165, 1.54) is 0 Å². The molecule has 7 heteroatoms. The largest absolute Gasteiger partial charge is 0.486 e. The van der Waals surface area contributed by atoms with Gasteiger partial charge in [0, 0.05) is 16.0 Å². The molecule has 2 aliphatic heterocycles. The van der Waals surface area contributed by atoms with E-state index in [2.05, 4.69) is 0 Å². The summed E-state index contributed by atoms with van der Waals surface area (Å²) in [5.41, 5.74) is -0.446. The Morgan fingerprint density at radius 3 is 2.67 bits per heavy atom. The summed E-state index contributed by atoms with van der Waals surface area (Å²) >= 11 is 1.54. The van der Waals surface area contributed by atoms with Crippen molar-refractivity contribution in [3.05, 3.63) is 76.0 Å². The number of ketones is 1. The summed E-state index contributed by atoms with van der Waals surface area (Å²) in [5.74, 6) is 0.260. The average molecular weight is 421 g/mol. The number of amides is 1. The van der Waals surface area contributed by atoms with Crippen LogP contribution in [-0.4, -0.2) is 30.0 Å². The zero-order valence-corrected chi connectivity index (χ0v) is 16.9. The number of carbonyl (C=O) groups excluding carboxylic acids is 2. The molecule has 1 amide bonds. The fourth-order valence-corrected chi connectivity index (χ4v) is 4.64. The van der Waals surface area contributed by atoms with E-state index in [1.807, 2.05) is 23.6 Å². The van der Waals surface area contributed by atoms with Crippen LogP contribution in [0.15, 0.2) is 60.0 Å². The van der Waals surface area contributed by atoms with Crippen molar-refractivity contribution in [2.45, 2.75) is 18.6 Å². The molecule has 2 aromatic carbocycles. The molecule has 1 aromatic heterocycles. The number of fused-ring (bicyclic) bond motifs is 2. The van der Waals surface area contributed by atoms with Crippen LogP contribution < -0.4 is 14.4 Å². The Hall–Kier alpha value is -3.16. The van der Waals surface area contributed by atoms with Crippen LogP contribution in [0.4, 0.5) is 5.69 Å². The summed E-state index contributed by atoms with van der Waals surface area (Å²) in [4.78, 5) is 28.9. The van der Waals surface area contributed by atoms with Crippen LogP contribution in [0, 0.1) is 0 Å². The van der Waals surface area contributed by atoms with Crippen molar-refractivity contribution in [2.75, 3.05) is 18.1 Å². The van der Waals surface area contributed by atoms with Gasteiger partial charge >= 0.3 is 0 Å². The van der Waals surface area contributed by atoms with Crippen LogP contribution >= 0.6 is 11.3 Å². The van der Waals surface area contributed by atoms with Gasteiger partial charge in [-0.05, 0) is 35.7 Å². The van der Waals surface area contributed by atoms with Gasteiger partial charge in [-0.25, -0.2) is 0 Å². The molecular formula is C23H19NO5S. The molecule has 0 bridgehead atoms. The molecular weight excluding hydrogens is 402 g/mol. The lowest BCUT2D eigenvalue weighted by Gasteiger charge is -2.23. The van der Waals surface area contributed by atoms with Gasteiger partial charge in [-0.2, -0.15) is 0 Å². The first kappa shape index (κ1) is 18.8. The number of aliphatic hydroxyl groups is 1. The maximum atomic E-state index is 13.3. The van der Waals surface area contributed by atoms with Crippen molar-refractivity contribution in [1.82, 2.24) is 0 Å². The maximum Gasteiger partial charge on any atom is 0.264 e. The topological polar surface area (TPSA) is 76.1 Å². The summed E-state index contributed by atoms with van der Waals surface area (Å²) < 4.78 is 11.0. The third kappa shape index (κ3) is 3.07. The number of benzene rings is 2. The SMILES string of the molecule is O=C(C[C@]1(O)C(=O)N(Cc2cccs2)c2ccccc21)c1ccc2c(c1)OCCO2. The van der Waals surface area contributed by atoms with E-state index < -0.39 is 11.5 Å². The van der Waals surface area contributed by atoms with Gasteiger partial charge in [0.1, 0.15) is 13.2 Å². The molecule has 3 aromatic rings. The minimum absolute atomic E-state index is 0.337. The normalized spacial score (nSPS) is 19.6. The molecule has 1 N–H and O–H groups in total. The Morgan fingerprint density at radius 2 is 1.87 bits per heavy atom. The van der Waals surface area contributed by atoms with Crippen LogP contribution in [0.25, 0.3) is 0 Å². The molecule has 0 radical (unpaired) electrons. The second kappa shape index (κ2) is 7.27. The van der Waals surface area contributed by atoms with Gasteiger partial charge in [-0.3, -0.25) is 9.59 Å². The highest BCUT2D eigenvalue weighted by molar-refractivity contribution is 7.09. The number of rotatable bonds is 5. The molecule has 3 heterocycles. The van der Waals surface area contributed by atoms with Crippen molar-refractivity contribution in [2.24, 2.45) is 0 Å². The standard InChI is InChI=1S/C23H19NO5S/c25-19(15-7-8-20-21(12-15)29-10-9-28-20)13-23(27)17-5-1-2-6-18(17)24(22(23)26)14-16-4-3-11-30-16/h1-8,11-12,27H,9-10,13-14H2/t23-/m1/s1. The van der Waals surface area contributed by atoms with E-state index >= 15 is 0 Å². The molecule has 6 nitrogen and oxygen atoms in total. The number of para-hydroxylation sites is 1. The van der Waals surface area contributed by atoms with Gasteiger partial charge in [-0.15, -0.1) is 11.3 Å². The van der Waals surface area contributed by atoms with E-state index in [9.17, 15) is 14.7 Å². The first-order valence-corrected chi connectivity index (χ1v) is 10.5. The number of nitrogens with zero attached hydrogens (tertiary/aromatic N) is 1. The number of carbonyl (C=O) groups is 2. The van der Waals surface area contributed by atoms with E-state index in [4.69, 9.17) is 9.47 Å². The van der Waals surface area contributed by atoms with Gasteiger partial charge < -0.3 is 19.5 Å². The summed E-state index contributed by atoms with van der Waals surface area (Å²) in [6, 6.07) is 15.9. The molecule has 0 spiro atoms.